The van der Waals surface area contributed by atoms with Gasteiger partial charge in [-0.15, -0.1) is 0 Å². The van der Waals surface area contributed by atoms with Gasteiger partial charge in [0, 0.05) is 32.0 Å². The van der Waals surface area contributed by atoms with E-state index in [1.807, 2.05) is 35.0 Å². The molecule has 0 aliphatic rings. The Bertz CT molecular complexity index is 793. The molecule has 24 heavy (non-hydrogen) atoms. The lowest BCUT2D eigenvalue weighted by molar-refractivity contribution is 0.444. The lowest BCUT2D eigenvalue weighted by atomic mass is 10.1. The molecule has 3 aromatic rings. The molecule has 1 heterocycles. The number of aromatic nitrogens is 2. The summed E-state index contributed by atoms with van der Waals surface area (Å²) in [6.07, 6.45) is 5.35. The number of nitrogens with zero attached hydrogens (tertiary/aromatic N) is 2. The second-order valence-electron chi connectivity index (χ2n) is 5.48. The lowest BCUT2D eigenvalue weighted by Gasteiger charge is -2.11. The summed E-state index contributed by atoms with van der Waals surface area (Å²) in [5.41, 5.74) is 2.56. The smallest absolute Gasteiger partial charge is 0.194 e. The van der Waals surface area contributed by atoms with Crippen LogP contribution in [-0.2, 0) is 19.6 Å². The third-order valence-corrected chi connectivity index (χ3v) is 3.72. The highest BCUT2D eigenvalue weighted by Crippen LogP contribution is 2.14. The first-order valence-corrected chi connectivity index (χ1v) is 7.50. The van der Waals surface area contributed by atoms with Crippen molar-refractivity contribution in [3.8, 4) is 0 Å². The molecule has 0 aliphatic heterocycles. The molecule has 0 aliphatic carbocycles. The second kappa shape index (κ2) is 7.31. The van der Waals surface area contributed by atoms with E-state index in [1.54, 1.807) is 12.5 Å². The van der Waals surface area contributed by atoms with Crippen molar-refractivity contribution < 1.29 is 13.2 Å². The van der Waals surface area contributed by atoms with Crippen molar-refractivity contribution in [2.24, 2.45) is 0 Å². The zero-order chi connectivity index (χ0) is 16.9. The molecule has 0 fully saturated rings. The van der Waals surface area contributed by atoms with Crippen LogP contribution in [0.15, 0.2) is 55.1 Å². The number of halogens is 3. The van der Waals surface area contributed by atoms with Gasteiger partial charge in [0.15, 0.2) is 17.5 Å². The molecule has 0 bridgehead atoms. The first-order valence-electron chi connectivity index (χ1n) is 7.50. The molecule has 2 aromatic carbocycles. The van der Waals surface area contributed by atoms with Gasteiger partial charge < -0.3 is 9.88 Å². The minimum Gasteiger partial charge on any atom is -0.333 e. The second-order valence-corrected chi connectivity index (χ2v) is 5.48. The highest BCUT2D eigenvalue weighted by molar-refractivity contribution is 5.27. The molecule has 0 atom stereocenters. The molecule has 0 amide bonds. The van der Waals surface area contributed by atoms with Gasteiger partial charge in [-0.3, -0.25) is 0 Å². The molecule has 3 rings (SSSR count). The Hall–Kier alpha value is -2.60. The topological polar surface area (TPSA) is 29.9 Å². The van der Waals surface area contributed by atoms with E-state index in [-0.39, 0.29) is 6.54 Å². The van der Waals surface area contributed by atoms with Crippen LogP contribution < -0.4 is 5.32 Å². The fourth-order valence-corrected chi connectivity index (χ4v) is 2.51. The van der Waals surface area contributed by atoms with E-state index >= 15 is 0 Å². The Labute approximate surface area is 137 Å². The minimum atomic E-state index is -1.44. The highest BCUT2D eigenvalue weighted by Gasteiger charge is 2.10. The van der Waals surface area contributed by atoms with E-state index < -0.39 is 17.5 Å². The molecule has 0 saturated carbocycles. The van der Waals surface area contributed by atoms with Gasteiger partial charge in [0.05, 0.1) is 6.33 Å². The number of benzene rings is 2. The Kier molecular flexibility index (Phi) is 4.96. The van der Waals surface area contributed by atoms with E-state index in [2.05, 4.69) is 10.3 Å². The highest BCUT2D eigenvalue weighted by atomic mass is 19.2. The summed E-state index contributed by atoms with van der Waals surface area (Å²) in [6, 6.07) is 9.91. The quantitative estimate of drug-likeness (QED) is 0.699. The van der Waals surface area contributed by atoms with Gasteiger partial charge in [-0.05, 0) is 28.8 Å². The number of rotatable bonds is 6. The third kappa shape index (κ3) is 3.83. The van der Waals surface area contributed by atoms with Crippen molar-refractivity contribution in [1.29, 1.82) is 0 Å². The first-order chi connectivity index (χ1) is 11.6. The van der Waals surface area contributed by atoms with Gasteiger partial charge >= 0.3 is 0 Å². The maximum Gasteiger partial charge on any atom is 0.194 e. The van der Waals surface area contributed by atoms with Gasteiger partial charge in [0.1, 0.15) is 0 Å². The first kappa shape index (κ1) is 16.3. The van der Waals surface area contributed by atoms with E-state index in [4.69, 9.17) is 0 Å². The van der Waals surface area contributed by atoms with Crippen LogP contribution in [0.4, 0.5) is 13.2 Å². The van der Waals surface area contributed by atoms with Gasteiger partial charge in [-0.25, -0.2) is 18.2 Å². The van der Waals surface area contributed by atoms with Crippen molar-refractivity contribution in [3.05, 3.63) is 89.3 Å². The van der Waals surface area contributed by atoms with Crippen LogP contribution in [0.1, 0.15) is 16.7 Å². The van der Waals surface area contributed by atoms with Gasteiger partial charge in [0.2, 0.25) is 0 Å². The standard InChI is InChI=1S/C18H16F3N3/c19-16-7-13(8-17(20)18(16)21)9-23-10-14-3-1-2-4-15(14)11-24-6-5-22-12-24/h1-8,12,23H,9-11H2. The van der Waals surface area contributed by atoms with Crippen molar-refractivity contribution in [2.45, 2.75) is 19.6 Å². The normalized spacial score (nSPS) is 11.0. The van der Waals surface area contributed by atoms with Crippen molar-refractivity contribution in [1.82, 2.24) is 14.9 Å². The Morgan fingerprint density at radius 1 is 0.958 bits per heavy atom. The third-order valence-electron chi connectivity index (χ3n) is 3.72. The molecule has 0 radical (unpaired) electrons. The Morgan fingerprint density at radius 2 is 1.67 bits per heavy atom. The van der Waals surface area contributed by atoms with Crippen molar-refractivity contribution >= 4 is 0 Å². The fourth-order valence-electron chi connectivity index (χ4n) is 2.51. The molecule has 124 valence electrons. The summed E-state index contributed by atoms with van der Waals surface area (Å²) in [5, 5.41) is 3.13. The fraction of sp³-hybridized carbons (Fsp3) is 0.167. The van der Waals surface area contributed by atoms with Crippen LogP contribution >= 0.6 is 0 Å². The Balaban J connectivity index is 1.65. The number of hydrogen-bond acceptors (Lipinski definition) is 2. The molecule has 1 aromatic heterocycles. The van der Waals surface area contributed by atoms with E-state index in [0.29, 0.717) is 18.7 Å². The van der Waals surface area contributed by atoms with Crippen LogP contribution in [0, 0.1) is 17.5 Å². The molecular weight excluding hydrogens is 315 g/mol. The van der Waals surface area contributed by atoms with Gasteiger partial charge in [-0.1, -0.05) is 24.3 Å². The number of hydrogen-bond donors (Lipinski definition) is 1. The predicted molar refractivity (Wildman–Crippen MR) is 84.6 cm³/mol. The number of imidazole rings is 1. The summed E-state index contributed by atoms with van der Waals surface area (Å²) in [5.74, 6) is -3.79. The number of nitrogens with one attached hydrogen (secondary N) is 1. The van der Waals surface area contributed by atoms with E-state index in [0.717, 1.165) is 23.3 Å². The molecule has 0 spiro atoms. The van der Waals surface area contributed by atoms with Crippen molar-refractivity contribution in [2.75, 3.05) is 0 Å². The van der Waals surface area contributed by atoms with Crippen molar-refractivity contribution in [3.63, 3.8) is 0 Å². The average molecular weight is 331 g/mol. The zero-order valence-corrected chi connectivity index (χ0v) is 12.8. The predicted octanol–water partition coefficient (Wildman–Crippen LogP) is 3.64. The van der Waals surface area contributed by atoms with E-state index in [1.165, 1.54) is 0 Å². The zero-order valence-electron chi connectivity index (χ0n) is 12.8. The monoisotopic (exact) mass is 331 g/mol. The van der Waals surface area contributed by atoms with Crippen LogP contribution in [0.5, 0.6) is 0 Å². The molecule has 0 unspecified atom stereocenters. The van der Waals surface area contributed by atoms with Gasteiger partial charge in [-0.2, -0.15) is 0 Å². The molecule has 3 nitrogen and oxygen atoms in total. The largest absolute Gasteiger partial charge is 0.333 e. The summed E-state index contributed by atoms with van der Waals surface area (Å²) >= 11 is 0. The molecule has 6 heteroatoms. The molecule has 1 N–H and O–H groups in total. The SMILES string of the molecule is Fc1cc(CNCc2ccccc2Cn2ccnc2)cc(F)c1F. The maximum atomic E-state index is 13.2. The summed E-state index contributed by atoms with van der Waals surface area (Å²) in [7, 11) is 0. The summed E-state index contributed by atoms with van der Waals surface area (Å²) < 4.78 is 41.3. The van der Waals surface area contributed by atoms with Crippen LogP contribution in [0.2, 0.25) is 0 Å². The van der Waals surface area contributed by atoms with Crippen LogP contribution in [-0.4, -0.2) is 9.55 Å². The summed E-state index contributed by atoms with van der Waals surface area (Å²) in [6.45, 7) is 1.47. The average Bonchev–Trinajstić information content (AvgIpc) is 3.07. The van der Waals surface area contributed by atoms with Gasteiger partial charge in [0.25, 0.3) is 0 Å². The van der Waals surface area contributed by atoms with E-state index in [9.17, 15) is 13.2 Å². The lowest BCUT2D eigenvalue weighted by Crippen LogP contribution is -2.15. The Morgan fingerprint density at radius 3 is 2.33 bits per heavy atom. The minimum absolute atomic E-state index is 0.244. The summed E-state index contributed by atoms with van der Waals surface area (Å²) in [4.78, 5) is 4.02. The van der Waals surface area contributed by atoms with Crippen LogP contribution in [0.3, 0.4) is 0 Å². The van der Waals surface area contributed by atoms with Crippen LogP contribution in [0.25, 0.3) is 0 Å². The maximum absolute atomic E-state index is 13.2. The molecule has 0 saturated heterocycles. The molecular formula is C18H16F3N3.